The van der Waals surface area contributed by atoms with Crippen LogP contribution in [0, 0.1) is 0 Å². The van der Waals surface area contributed by atoms with Gasteiger partial charge in [-0.1, -0.05) is 152 Å². The number of rotatable bonds is 38. The van der Waals surface area contributed by atoms with Crippen LogP contribution in [0.5, 0.6) is 0 Å². The van der Waals surface area contributed by atoms with Gasteiger partial charge in [-0.3, -0.25) is 4.79 Å². The van der Waals surface area contributed by atoms with E-state index in [4.69, 9.17) is 18.9 Å². The molecule has 1 amide bonds. The summed E-state index contributed by atoms with van der Waals surface area (Å²) in [6.07, 6.45) is 29.8. The number of nitrogens with one attached hydrogen (secondary N) is 1. The number of aliphatic hydroxyl groups is 8. The quantitative estimate of drug-likeness (QED) is 0.0234. The lowest BCUT2D eigenvalue weighted by atomic mass is 9.97. The van der Waals surface area contributed by atoms with Crippen LogP contribution in [-0.2, 0) is 23.7 Å². The van der Waals surface area contributed by atoms with Gasteiger partial charge in [0.25, 0.3) is 0 Å². The molecule has 66 heavy (non-hydrogen) atoms. The molecule has 12 atom stereocenters. The van der Waals surface area contributed by atoms with Gasteiger partial charge in [0.15, 0.2) is 12.6 Å². The van der Waals surface area contributed by atoms with Crippen molar-refractivity contribution in [3.8, 4) is 0 Å². The number of hydrogen-bond acceptors (Lipinski definition) is 13. The summed E-state index contributed by atoms with van der Waals surface area (Å²) in [5.41, 5.74) is 0. The van der Waals surface area contributed by atoms with Crippen LogP contribution in [-0.4, -0.2) is 140 Å². The number of unbranched alkanes of at least 4 members (excludes halogenated alkanes) is 17. The average Bonchev–Trinajstić information content (AvgIpc) is 3.31. The molecule has 12 unspecified atom stereocenters. The van der Waals surface area contributed by atoms with Crippen molar-refractivity contribution >= 4 is 5.91 Å². The Morgan fingerprint density at radius 1 is 0.545 bits per heavy atom. The highest BCUT2D eigenvalue weighted by Crippen LogP contribution is 2.30. The van der Waals surface area contributed by atoms with Crippen LogP contribution in [0.25, 0.3) is 0 Å². The summed E-state index contributed by atoms with van der Waals surface area (Å²) < 4.78 is 22.6. The second kappa shape index (κ2) is 38.5. The Kier molecular flexibility index (Phi) is 34.9. The minimum Gasteiger partial charge on any atom is -0.394 e. The van der Waals surface area contributed by atoms with Crippen molar-refractivity contribution in [1.29, 1.82) is 0 Å². The van der Waals surface area contributed by atoms with Gasteiger partial charge in [-0.15, -0.1) is 0 Å². The third-order valence-corrected chi connectivity index (χ3v) is 12.1. The average molecular weight is 938 g/mol. The van der Waals surface area contributed by atoms with E-state index in [1.165, 1.54) is 57.8 Å². The Hall–Kier alpha value is -2.31. The van der Waals surface area contributed by atoms with Gasteiger partial charge in [-0.25, -0.2) is 0 Å². The van der Waals surface area contributed by atoms with Gasteiger partial charge in [0.1, 0.15) is 48.8 Å². The maximum absolute atomic E-state index is 13.1. The van der Waals surface area contributed by atoms with Crippen LogP contribution in [0.3, 0.4) is 0 Å². The van der Waals surface area contributed by atoms with Crippen molar-refractivity contribution in [2.75, 3.05) is 19.8 Å². The maximum Gasteiger partial charge on any atom is 0.220 e. The van der Waals surface area contributed by atoms with E-state index in [1.807, 2.05) is 6.08 Å². The van der Waals surface area contributed by atoms with E-state index in [0.29, 0.717) is 12.8 Å². The summed E-state index contributed by atoms with van der Waals surface area (Å²) >= 11 is 0. The molecule has 0 radical (unpaired) electrons. The lowest BCUT2D eigenvalue weighted by Crippen LogP contribution is -2.65. The molecule has 0 aromatic carbocycles. The van der Waals surface area contributed by atoms with Crippen LogP contribution in [0.4, 0.5) is 0 Å². The monoisotopic (exact) mass is 938 g/mol. The van der Waals surface area contributed by atoms with E-state index < -0.39 is 86.8 Å². The lowest BCUT2D eigenvalue weighted by molar-refractivity contribution is -0.359. The normalized spacial score (nSPS) is 27.3. The van der Waals surface area contributed by atoms with Crippen LogP contribution >= 0.6 is 0 Å². The van der Waals surface area contributed by atoms with E-state index in [9.17, 15) is 45.6 Å². The fourth-order valence-electron chi connectivity index (χ4n) is 7.95. The van der Waals surface area contributed by atoms with Gasteiger partial charge >= 0.3 is 0 Å². The third kappa shape index (κ3) is 25.3. The molecule has 14 nitrogen and oxygen atoms in total. The summed E-state index contributed by atoms with van der Waals surface area (Å²) in [7, 11) is 0. The van der Waals surface area contributed by atoms with E-state index in [1.54, 1.807) is 6.08 Å². The zero-order chi connectivity index (χ0) is 48.2. The van der Waals surface area contributed by atoms with Gasteiger partial charge < -0.3 is 65.1 Å². The molecule has 382 valence electrons. The zero-order valence-corrected chi connectivity index (χ0v) is 40.4. The Morgan fingerprint density at radius 3 is 1.64 bits per heavy atom. The van der Waals surface area contributed by atoms with Gasteiger partial charge in [0.2, 0.25) is 5.91 Å². The number of hydrogen-bond donors (Lipinski definition) is 9. The maximum atomic E-state index is 13.1. The minimum atomic E-state index is -1.79. The van der Waals surface area contributed by atoms with Crippen LogP contribution in [0.2, 0.25) is 0 Å². The molecule has 2 aliphatic heterocycles. The number of aliphatic hydroxyl groups excluding tert-OH is 8. The Balaban J connectivity index is 1.88. The highest BCUT2D eigenvalue weighted by Gasteiger charge is 2.51. The molecular weight excluding hydrogens is 847 g/mol. The first-order chi connectivity index (χ1) is 32.1. The van der Waals surface area contributed by atoms with E-state index in [-0.39, 0.29) is 18.9 Å². The first kappa shape index (κ1) is 59.8. The largest absolute Gasteiger partial charge is 0.394 e. The first-order valence-corrected chi connectivity index (χ1v) is 25.5. The topological polar surface area (TPSA) is 228 Å². The second-order valence-electron chi connectivity index (χ2n) is 17.9. The van der Waals surface area contributed by atoms with Gasteiger partial charge in [-0.2, -0.15) is 0 Å². The van der Waals surface area contributed by atoms with Crippen molar-refractivity contribution in [3.05, 3.63) is 60.8 Å². The smallest absolute Gasteiger partial charge is 0.220 e. The van der Waals surface area contributed by atoms with Crippen molar-refractivity contribution < 1.29 is 64.6 Å². The van der Waals surface area contributed by atoms with Crippen LogP contribution in [0.1, 0.15) is 168 Å². The second-order valence-corrected chi connectivity index (χ2v) is 17.9. The molecule has 2 rings (SSSR count). The van der Waals surface area contributed by atoms with Crippen molar-refractivity contribution in [3.63, 3.8) is 0 Å². The standard InChI is InChI=1S/C52H91NO13/c1-3-5-7-9-11-13-15-17-18-19-20-21-22-24-25-27-29-31-33-35-41(56)40(53-44(57)36-34-32-30-28-26-23-16-14-12-10-8-6-4-2)39-63-51-49(62)47(60)50(43(38-55)65-51)66-52-48(61)46(59)45(58)42(37-54)64-52/h8,10,14,16,20-21,25,27,33,35,40-43,45-52,54-56,58-62H,3-7,9,11-13,15,17-19,22-24,26,28-32,34,36-39H2,1-2H3,(H,53,57)/b10-8-,16-14-,21-20+,27-25+,35-33+. The Morgan fingerprint density at radius 2 is 1.05 bits per heavy atom. The molecule has 0 aromatic heterocycles. The van der Waals surface area contributed by atoms with Gasteiger partial charge in [0, 0.05) is 6.42 Å². The number of amides is 1. The fraction of sp³-hybridized carbons (Fsp3) is 0.788. The highest BCUT2D eigenvalue weighted by atomic mass is 16.7. The van der Waals surface area contributed by atoms with E-state index >= 15 is 0 Å². The van der Waals surface area contributed by atoms with E-state index in [0.717, 1.165) is 77.0 Å². The molecule has 0 aliphatic carbocycles. The predicted octanol–water partition coefficient (Wildman–Crippen LogP) is 6.66. The molecule has 0 bridgehead atoms. The molecule has 2 fully saturated rings. The van der Waals surface area contributed by atoms with Crippen LogP contribution in [0.15, 0.2) is 60.8 Å². The van der Waals surface area contributed by atoms with Gasteiger partial charge in [-0.05, 0) is 70.6 Å². The molecular formula is C52H91NO13. The molecule has 0 aromatic rings. The molecule has 2 heterocycles. The van der Waals surface area contributed by atoms with Crippen molar-refractivity contribution in [2.45, 2.75) is 242 Å². The molecule has 2 saturated heterocycles. The number of allylic oxidation sites excluding steroid dienone is 9. The Labute approximate surface area is 396 Å². The number of carbonyl (C=O) groups excluding carboxylic acids is 1. The van der Waals surface area contributed by atoms with Crippen molar-refractivity contribution in [1.82, 2.24) is 5.32 Å². The number of ether oxygens (including phenoxy) is 4. The lowest BCUT2D eigenvalue weighted by Gasteiger charge is -2.46. The Bertz CT molecular complexity index is 1340. The third-order valence-electron chi connectivity index (χ3n) is 12.1. The molecule has 9 N–H and O–H groups in total. The summed E-state index contributed by atoms with van der Waals surface area (Å²) in [5.74, 6) is -0.272. The summed E-state index contributed by atoms with van der Waals surface area (Å²) in [4.78, 5) is 13.1. The molecule has 2 aliphatic rings. The zero-order valence-electron chi connectivity index (χ0n) is 40.4. The fourth-order valence-corrected chi connectivity index (χ4v) is 7.95. The van der Waals surface area contributed by atoms with Crippen molar-refractivity contribution in [2.24, 2.45) is 0 Å². The minimum absolute atomic E-state index is 0.251. The molecule has 0 saturated carbocycles. The number of carbonyl (C=O) groups is 1. The summed E-state index contributed by atoms with van der Waals surface area (Å²) in [6, 6.07) is -0.946. The van der Waals surface area contributed by atoms with E-state index in [2.05, 4.69) is 67.8 Å². The summed E-state index contributed by atoms with van der Waals surface area (Å²) in [6.45, 7) is 2.66. The first-order valence-electron chi connectivity index (χ1n) is 25.5. The van der Waals surface area contributed by atoms with Crippen LogP contribution < -0.4 is 5.32 Å². The highest BCUT2D eigenvalue weighted by molar-refractivity contribution is 5.76. The summed E-state index contributed by atoms with van der Waals surface area (Å²) in [5, 5.41) is 86.7. The predicted molar refractivity (Wildman–Crippen MR) is 258 cm³/mol. The molecule has 0 spiro atoms. The molecule has 14 heteroatoms. The van der Waals surface area contributed by atoms with Gasteiger partial charge in [0.05, 0.1) is 32.0 Å². The SMILES string of the molecule is CCC/C=C\C/C=C\CCCCCCCC(=O)NC(COC1OC(CO)C(OC2OC(CO)C(O)C(O)C2O)C(O)C1O)C(O)/C=C/CC/C=C/CC/C=C/CCCCCCCCCCC.